The highest BCUT2D eigenvalue weighted by Crippen LogP contribution is 2.52. The van der Waals surface area contributed by atoms with Crippen LogP contribution in [0, 0.1) is 0 Å². The molecule has 0 amide bonds. The molecule has 8 nitrogen and oxygen atoms in total. The molecule has 0 unspecified atom stereocenters. The predicted octanol–water partition coefficient (Wildman–Crippen LogP) is 4.17. The van der Waals surface area contributed by atoms with Crippen LogP contribution in [0.1, 0.15) is 38.8 Å². The average Bonchev–Trinajstić information content (AvgIpc) is 2.74. The number of hydrogen-bond acceptors (Lipinski definition) is 8. The van der Waals surface area contributed by atoms with Gasteiger partial charge < -0.3 is 34.3 Å². The SMILES string of the molecule is COc1c(O)c2c(c(-c3coc4cc(O)cc(O)c4c3=O)c1CC=C(C)C)C[C@@H](O)C(C)(C)O2. The van der Waals surface area contributed by atoms with E-state index in [1.165, 1.54) is 19.4 Å². The number of phenolic OH excluding ortho intramolecular Hbond substituents is 3. The highest BCUT2D eigenvalue weighted by atomic mass is 16.5. The van der Waals surface area contributed by atoms with Crippen LogP contribution in [0.5, 0.6) is 28.7 Å². The van der Waals surface area contributed by atoms with Crippen molar-refractivity contribution in [2.45, 2.75) is 52.2 Å². The number of methoxy groups -OCH3 is 1. The molecule has 1 aliphatic rings. The molecule has 2 heterocycles. The molecule has 180 valence electrons. The molecule has 0 saturated carbocycles. The number of hydrogen-bond donors (Lipinski definition) is 4. The van der Waals surface area contributed by atoms with E-state index in [4.69, 9.17) is 13.9 Å². The van der Waals surface area contributed by atoms with Crippen molar-refractivity contribution < 1.29 is 34.3 Å². The van der Waals surface area contributed by atoms with Crippen molar-refractivity contribution >= 4 is 11.0 Å². The second kappa shape index (κ2) is 8.29. The summed E-state index contributed by atoms with van der Waals surface area (Å²) in [5, 5.41) is 41.9. The Kier molecular flexibility index (Phi) is 5.73. The fourth-order valence-electron chi connectivity index (χ4n) is 4.31. The average molecular weight is 469 g/mol. The summed E-state index contributed by atoms with van der Waals surface area (Å²) in [5.74, 6) is -0.609. The molecule has 1 atom stereocenters. The van der Waals surface area contributed by atoms with E-state index in [1.54, 1.807) is 13.8 Å². The van der Waals surface area contributed by atoms with Crippen LogP contribution in [0.25, 0.3) is 22.1 Å². The van der Waals surface area contributed by atoms with Crippen molar-refractivity contribution in [3.8, 4) is 39.9 Å². The van der Waals surface area contributed by atoms with E-state index in [0.29, 0.717) is 23.1 Å². The fraction of sp³-hybridized carbons (Fsp3) is 0.346. The molecule has 4 N–H and O–H groups in total. The topological polar surface area (TPSA) is 130 Å². The van der Waals surface area contributed by atoms with Gasteiger partial charge in [-0.2, -0.15) is 0 Å². The third-order valence-electron chi connectivity index (χ3n) is 6.18. The lowest BCUT2D eigenvalue weighted by Gasteiger charge is -2.39. The number of fused-ring (bicyclic) bond motifs is 2. The minimum Gasteiger partial charge on any atom is -0.508 e. The summed E-state index contributed by atoms with van der Waals surface area (Å²) in [6.07, 6.45) is 2.68. The fourth-order valence-corrected chi connectivity index (χ4v) is 4.31. The number of aliphatic hydroxyl groups excluding tert-OH is 1. The molecule has 0 radical (unpaired) electrons. The first kappa shape index (κ1) is 23.5. The summed E-state index contributed by atoms with van der Waals surface area (Å²) in [4.78, 5) is 13.6. The first-order valence-corrected chi connectivity index (χ1v) is 10.9. The largest absolute Gasteiger partial charge is 0.508 e. The van der Waals surface area contributed by atoms with Crippen LogP contribution in [0.15, 0.2) is 39.3 Å². The number of allylic oxidation sites excluding steroid dienone is 2. The van der Waals surface area contributed by atoms with Gasteiger partial charge in [-0.25, -0.2) is 0 Å². The molecule has 0 fully saturated rings. The van der Waals surface area contributed by atoms with Crippen LogP contribution < -0.4 is 14.9 Å². The molecule has 2 aromatic carbocycles. The minimum atomic E-state index is -0.988. The van der Waals surface area contributed by atoms with Crippen molar-refractivity contribution in [1.29, 1.82) is 0 Å². The van der Waals surface area contributed by atoms with Gasteiger partial charge in [0.15, 0.2) is 11.5 Å². The van der Waals surface area contributed by atoms with E-state index in [-0.39, 0.29) is 46.0 Å². The zero-order valence-corrected chi connectivity index (χ0v) is 19.7. The third-order valence-corrected chi connectivity index (χ3v) is 6.18. The van der Waals surface area contributed by atoms with Gasteiger partial charge in [0.2, 0.25) is 11.2 Å². The third kappa shape index (κ3) is 3.74. The molecule has 8 heteroatoms. The molecule has 0 spiro atoms. The van der Waals surface area contributed by atoms with Crippen LogP contribution in [-0.4, -0.2) is 39.2 Å². The molecule has 0 bridgehead atoms. The van der Waals surface area contributed by atoms with E-state index in [2.05, 4.69) is 0 Å². The van der Waals surface area contributed by atoms with Crippen LogP contribution in [-0.2, 0) is 12.8 Å². The minimum absolute atomic E-state index is 0.0223. The van der Waals surface area contributed by atoms with E-state index < -0.39 is 22.9 Å². The normalized spacial score (nSPS) is 16.6. The van der Waals surface area contributed by atoms with E-state index in [1.807, 2.05) is 19.9 Å². The highest BCUT2D eigenvalue weighted by Gasteiger charge is 2.41. The van der Waals surface area contributed by atoms with Gasteiger partial charge in [0.05, 0.1) is 18.8 Å². The van der Waals surface area contributed by atoms with Gasteiger partial charge in [0, 0.05) is 35.2 Å². The Morgan fingerprint density at radius 1 is 1.24 bits per heavy atom. The summed E-state index contributed by atoms with van der Waals surface area (Å²) in [6.45, 7) is 7.26. The number of ether oxygens (including phenoxy) is 2. The molecule has 0 aliphatic carbocycles. The molecule has 3 aromatic rings. The number of phenols is 3. The zero-order chi connectivity index (χ0) is 24.9. The van der Waals surface area contributed by atoms with Crippen molar-refractivity contribution in [3.63, 3.8) is 0 Å². The number of aliphatic hydroxyl groups is 1. The Bertz CT molecular complexity index is 1380. The van der Waals surface area contributed by atoms with Gasteiger partial charge in [-0.1, -0.05) is 11.6 Å². The van der Waals surface area contributed by atoms with Crippen molar-refractivity contribution in [1.82, 2.24) is 0 Å². The zero-order valence-electron chi connectivity index (χ0n) is 19.7. The predicted molar refractivity (Wildman–Crippen MR) is 127 cm³/mol. The van der Waals surface area contributed by atoms with Gasteiger partial charge in [0.25, 0.3) is 0 Å². The standard InChI is InChI=1S/C26H28O8/c1-12(2)6-7-14-20(16-11-33-18-9-13(27)8-17(28)21(18)22(16)30)15-10-19(29)26(3,4)34-25(15)23(31)24(14)32-5/h6,8-9,11,19,27-29,31H,7,10H2,1-5H3/t19-/m1/s1. The van der Waals surface area contributed by atoms with Crippen molar-refractivity contribution in [2.75, 3.05) is 7.11 Å². The number of rotatable bonds is 4. The Labute approximate surface area is 196 Å². The first-order valence-electron chi connectivity index (χ1n) is 10.9. The quantitative estimate of drug-likeness (QED) is 0.420. The molecule has 0 saturated heterocycles. The number of benzene rings is 2. The summed E-state index contributed by atoms with van der Waals surface area (Å²) in [7, 11) is 1.41. The monoisotopic (exact) mass is 468 g/mol. The summed E-state index contributed by atoms with van der Waals surface area (Å²) in [6, 6.07) is 2.31. The maximum absolute atomic E-state index is 13.6. The maximum Gasteiger partial charge on any atom is 0.204 e. The van der Waals surface area contributed by atoms with Gasteiger partial charge in [-0.3, -0.25) is 4.79 Å². The second-order valence-corrected chi connectivity index (χ2v) is 9.27. The van der Waals surface area contributed by atoms with E-state index in [9.17, 15) is 25.2 Å². The van der Waals surface area contributed by atoms with Crippen LogP contribution in [0.3, 0.4) is 0 Å². The van der Waals surface area contributed by atoms with Gasteiger partial charge >= 0.3 is 0 Å². The molecule has 34 heavy (non-hydrogen) atoms. The number of aromatic hydroxyl groups is 3. The Hall–Kier alpha value is -3.65. The summed E-state index contributed by atoms with van der Waals surface area (Å²) < 4.78 is 17.2. The smallest absolute Gasteiger partial charge is 0.204 e. The molecular formula is C26H28O8. The molecular weight excluding hydrogens is 440 g/mol. The summed E-state index contributed by atoms with van der Waals surface area (Å²) >= 11 is 0. The van der Waals surface area contributed by atoms with Gasteiger partial charge in [0.1, 0.15) is 34.3 Å². The maximum atomic E-state index is 13.6. The Balaban J connectivity index is 2.14. The van der Waals surface area contributed by atoms with E-state index >= 15 is 0 Å². The van der Waals surface area contributed by atoms with Gasteiger partial charge in [-0.05, 0) is 34.1 Å². The molecule has 1 aliphatic heterocycles. The second-order valence-electron chi connectivity index (χ2n) is 9.27. The van der Waals surface area contributed by atoms with E-state index in [0.717, 1.165) is 11.6 Å². The van der Waals surface area contributed by atoms with Crippen LogP contribution in [0.4, 0.5) is 0 Å². The first-order chi connectivity index (χ1) is 16.0. The Morgan fingerprint density at radius 2 is 1.94 bits per heavy atom. The lowest BCUT2D eigenvalue weighted by molar-refractivity contribution is -0.0426. The van der Waals surface area contributed by atoms with Crippen molar-refractivity contribution in [3.05, 3.63) is 51.4 Å². The lowest BCUT2D eigenvalue weighted by Crippen LogP contribution is -2.46. The van der Waals surface area contributed by atoms with Crippen LogP contribution >= 0.6 is 0 Å². The van der Waals surface area contributed by atoms with Crippen LogP contribution in [0.2, 0.25) is 0 Å². The highest BCUT2D eigenvalue weighted by molar-refractivity contribution is 5.90. The lowest BCUT2D eigenvalue weighted by atomic mass is 9.83. The van der Waals surface area contributed by atoms with Crippen molar-refractivity contribution in [2.24, 2.45) is 0 Å². The molecule has 1 aromatic heterocycles. The Morgan fingerprint density at radius 3 is 2.59 bits per heavy atom. The van der Waals surface area contributed by atoms with Gasteiger partial charge in [-0.15, -0.1) is 0 Å². The summed E-state index contributed by atoms with van der Waals surface area (Å²) in [5.41, 5.74) is 0.975. The molecule has 4 rings (SSSR count).